The molecule has 2 N–H and O–H groups in total. The smallest absolute Gasteiger partial charge is 0.134 e. The van der Waals surface area contributed by atoms with Crippen LogP contribution in [0.25, 0.3) is 11.0 Å². The van der Waals surface area contributed by atoms with Gasteiger partial charge in [-0.25, -0.2) is 0 Å². The summed E-state index contributed by atoms with van der Waals surface area (Å²) in [5, 5.41) is 1.22. The van der Waals surface area contributed by atoms with E-state index < -0.39 is 0 Å². The van der Waals surface area contributed by atoms with Crippen LogP contribution in [0.1, 0.15) is 44.4 Å². The zero-order valence-corrected chi connectivity index (χ0v) is 12.4. The predicted octanol–water partition coefficient (Wildman–Crippen LogP) is 3.65. The van der Waals surface area contributed by atoms with Gasteiger partial charge in [0, 0.05) is 29.6 Å². The van der Waals surface area contributed by atoms with Crippen LogP contribution in [0, 0.1) is 0 Å². The van der Waals surface area contributed by atoms with Crippen LogP contribution in [0.3, 0.4) is 0 Å². The number of nitrogens with zero attached hydrogens (tertiary/aromatic N) is 1. The van der Waals surface area contributed by atoms with Crippen molar-refractivity contribution in [2.45, 2.75) is 58.3 Å². The molecule has 1 aliphatic heterocycles. The second kappa shape index (κ2) is 5.58. The number of fused-ring (bicyclic) bond motifs is 1. The van der Waals surface area contributed by atoms with E-state index >= 15 is 0 Å². The average Bonchev–Trinajstić information content (AvgIpc) is 3.01. The van der Waals surface area contributed by atoms with Gasteiger partial charge in [-0.1, -0.05) is 25.1 Å². The van der Waals surface area contributed by atoms with Crippen LogP contribution >= 0.6 is 0 Å². The summed E-state index contributed by atoms with van der Waals surface area (Å²) in [6.07, 6.45) is 3.83. The van der Waals surface area contributed by atoms with Crippen LogP contribution in [0.4, 0.5) is 0 Å². The minimum absolute atomic E-state index is 0.475. The lowest BCUT2D eigenvalue weighted by atomic mass is 10.1. The van der Waals surface area contributed by atoms with Gasteiger partial charge in [0.2, 0.25) is 0 Å². The van der Waals surface area contributed by atoms with E-state index in [4.69, 9.17) is 10.2 Å². The molecular formula is C17H24N2O. The summed E-state index contributed by atoms with van der Waals surface area (Å²) < 4.78 is 5.91. The van der Waals surface area contributed by atoms with Crippen molar-refractivity contribution in [3.05, 3.63) is 35.6 Å². The second-order valence-electron chi connectivity index (χ2n) is 5.86. The monoisotopic (exact) mass is 272 g/mol. The highest BCUT2D eigenvalue weighted by molar-refractivity contribution is 5.82. The highest BCUT2D eigenvalue weighted by atomic mass is 16.3. The molecule has 1 saturated heterocycles. The van der Waals surface area contributed by atoms with Crippen LogP contribution < -0.4 is 5.73 Å². The number of rotatable bonds is 4. The standard InChI is InChI=1S/C17H24N2O/c1-3-13-9-8-12(2)19(13)11-15-14-6-4-5-7-16(14)20-17(15)10-18/h4-7,12-13H,3,8-11,18H2,1-2H3. The molecule has 1 fully saturated rings. The quantitative estimate of drug-likeness (QED) is 0.923. The van der Waals surface area contributed by atoms with Crippen LogP contribution in [-0.4, -0.2) is 17.0 Å². The molecule has 0 amide bonds. The molecule has 3 nitrogen and oxygen atoms in total. The molecule has 1 aliphatic rings. The molecule has 1 aromatic carbocycles. The third-order valence-corrected chi connectivity index (χ3v) is 4.73. The molecular weight excluding hydrogens is 248 g/mol. The average molecular weight is 272 g/mol. The third kappa shape index (κ3) is 2.25. The minimum Gasteiger partial charge on any atom is -0.459 e. The van der Waals surface area contributed by atoms with Gasteiger partial charge >= 0.3 is 0 Å². The zero-order valence-electron chi connectivity index (χ0n) is 12.4. The fraction of sp³-hybridized carbons (Fsp3) is 0.529. The maximum Gasteiger partial charge on any atom is 0.134 e. The maximum absolute atomic E-state index is 5.91. The van der Waals surface area contributed by atoms with E-state index in [-0.39, 0.29) is 0 Å². The molecule has 0 radical (unpaired) electrons. The molecule has 2 heterocycles. The summed E-state index contributed by atoms with van der Waals surface area (Å²) in [6.45, 7) is 6.05. The van der Waals surface area contributed by atoms with E-state index in [0.717, 1.165) is 17.9 Å². The van der Waals surface area contributed by atoms with Gasteiger partial charge in [0.15, 0.2) is 0 Å². The summed E-state index contributed by atoms with van der Waals surface area (Å²) in [7, 11) is 0. The molecule has 3 heteroatoms. The summed E-state index contributed by atoms with van der Waals surface area (Å²) >= 11 is 0. The van der Waals surface area contributed by atoms with E-state index in [1.807, 2.05) is 12.1 Å². The number of nitrogens with two attached hydrogens (primary N) is 1. The Kier molecular flexibility index (Phi) is 3.81. The highest BCUT2D eigenvalue weighted by Crippen LogP contribution is 2.32. The van der Waals surface area contributed by atoms with Crippen LogP contribution in [-0.2, 0) is 13.1 Å². The first-order valence-corrected chi connectivity index (χ1v) is 7.69. The first-order valence-electron chi connectivity index (χ1n) is 7.69. The van der Waals surface area contributed by atoms with Gasteiger partial charge in [0.1, 0.15) is 11.3 Å². The molecule has 0 saturated carbocycles. The van der Waals surface area contributed by atoms with Crippen molar-refractivity contribution in [3.8, 4) is 0 Å². The van der Waals surface area contributed by atoms with Crippen molar-refractivity contribution in [1.82, 2.24) is 4.90 Å². The molecule has 0 aliphatic carbocycles. The van der Waals surface area contributed by atoms with Gasteiger partial charge in [-0.15, -0.1) is 0 Å². The normalized spacial score (nSPS) is 23.8. The Morgan fingerprint density at radius 1 is 1.30 bits per heavy atom. The highest BCUT2D eigenvalue weighted by Gasteiger charge is 2.30. The summed E-state index contributed by atoms with van der Waals surface area (Å²) in [6, 6.07) is 9.62. The number of hydrogen-bond acceptors (Lipinski definition) is 3. The van der Waals surface area contributed by atoms with Gasteiger partial charge in [-0.2, -0.15) is 0 Å². The second-order valence-corrected chi connectivity index (χ2v) is 5.86. The molecule has 2 atom stereocenters. The lowest BCUT2D eigenvalue weighted by molar-refractivity contribution is 0.189. The molecule has 2 unspecified atom stereocenters. The van der Waals surface area contributed by atoms with E-state index in [9.17, 15) is 0 Å². The first-order chi connectivity index (χ1) is 9.74. The van der Waals surface area contributed by atoms with Gasteiger partial charge in [0.25, 0.3) is 0 Å². The van der Waals surface area contributed by atoms with Crippen molar-refractivity contribution in [1.29, 1.82) is 0 Å². The summed E-state index contributed by atoms with van der Waals surface area (Å²) in [5.41, 5.74) is 8.13. The van der Waals surface area contributed by atoms with E-state index in [0.29, 0.717) is 18.6 Å². The zero-order chi connectivity index (χ0) is 14.1. The Labute approximate surface area is 120 Å². The van der Waals surface area contributed by atoms with Gasteiger partial charge in [0.05, 0.1) is 6.54 Å². The Balaban J connectivity index is 1.97. The molecule has 108 valence electrons. The predicted molar refractivity (Wildman–Crippen MR) is 82.4 cm³/mol. The third-order valence-electron chi connectivity index (χ3n) is 4.73. The first kappa shape index (κ1) is 13.7. The van der Waals surface area contributed by atoms with Gasteiger partial charge < -0.3 is 10.2 Å². The number of hydrogen-bond donors (Lipinski definition) is 1. The van der Waals surface area contributed by atoms with Gasteiger partial charge in [-0.3, -0.25) is 4.90 Å². The lowest BCUT2D eigenvalue weighted by Crippen LogP contribution is -2.33. The summed E-state index contributed by atoms with van der Waals surface area (Å²) in [5.74, 6) is 0.945. The summed E-state index contributed by atoms with van der Waals surface area (Å²) in [4.78, 5) is 2.62. The fourth-order valence-electron chi connectivity index (χ4n) is 3.52. The Morgan fingerprint density at radius 3 is 2.85 bits per heavy atom. The largest absolute Gasteiger partial charge is 0.459 e. The van der Waals surface area contributed by atoms with E-state index in [1.165, 1.54) is 30.2 Å². The molecule has 0 spiro atoms. The van der Waals surface area contributed by atoms with Crippen molar-refractivity contribution >= 4 is 11.0 Å². The molecule has 1 aromatic heterocycles. The van der Waals surface area contributed by atoms with Crippen molar-refractivity contribution < 1.29 is 4.42 Å². The van der Waals surface area contributed by atoms with Crippen LogP contribution in [0.5, 0.6) is 0 Å². The number of furan rings is 1. The number of benzene rings is 1. The molecule has 2 aromatic rings. The van der Waals surface area contributed by atoms with Crippen molar-refractivity contribution in [3.63, 3.8) is 0 Å². The number of para-hydroxylation sites is 1. The topological polar surface area (TPSA) is 42.4 Å². The minimum atomic E-state index is 0.475. The van der Waals surface area contributed by atoms with Crippen LogP contribution in [0.15, 0.2) is 28.7 Å². The molecule has 0 bridgehead atoms. The Morgan fingerprint density at radius 2 is 2.10 bits per heavy atom. The molecule has 20 heavy (non-hydrogen) atoms. The van der Waals surface area contributed by atoms with Crippen molar-refractivity contribution in [2.24, 2.45) is 5.73 Å². The lowest BCUT2D eigenvalue weighted by Gasteiger charge is -2.27. The number of likely N-dealkylation sites (tertiary alicyclic amines) is 1. The van der Waals surface area contributed by atoms with Crippen LogP contribution in [0.2, 0.25) is 0 Å². The molecule has 3 rings (SSSR count). The maximum atomic E-state index is 5.91. The van der Waals surface area contributed by atoms with E-state index in [2.05, 4.69) is 30.9 Å². The Hall–Kier alpha value is -1.32. The Bertz CT molecular complexity index is 590. The van der Waals surface area contributed by atoms with E-state index in [1.54, 1.807) is 0 Å². The SMILES string of the molecule is CCC1CCC(C)N1Cc1c(CN)oc2ccccc12. The van der Waals surface area contributed by atoms with Gasteiger partial charge in [-0.05, 0) is 32.3 Å². The van der Waals surface area contributed by atoms with Crippen molar-refractivity contribution in [2.75, 3.05) is 0 Å². The fourth-order valence-corrected chi connectivity index (χ4v) is 3.52.